The van der Waals surface area contributed by atoms with Gasteiger partial charge in [-0.1, -0.05) is 12.1 Å². The predicted octanol–water partition coefficient (Wildman–Crippen LogP) is 1.83. The molecule has 0 bridgehead atoms. The van der Waals surface area contributed by atoms with E-state index in [0.717, 1.165) is 11.3 Å². The van der Waals surface area contributed by atoms with Gasteiger partial charge in [0.05, 0.1) is 29.7 Å². The van der Waals surface area contributed by atoms with Crippen molar-refractivity contribution >= 4 is 17.6 Å². The molecule has 0 aliphatic carbocycles. The van der Waals surface area contributed by atoms with Crippen molar-refractivity contribution < 1.29 is 19.4 Å². The highest BCUT2D eigenvalue weighted by atomic mass is 16.5. The molecule has 1 aromatic carbocycles. The third-order valence-electron chi connectivity index (χ3n) is 4.37. The Balaban J connectivity index is 1.54. The lowest BCUT2D eigenvalue weighted by molar-refractivity contribution is -0.144. The summed E-state index contributed by atoms with van der Waals surface area (Å²) in [6.45, 7) is 5.76. The quantitative estimate of drug-likeness (QED) is 0.803. The van der Waals surface area contributed by atoms with Crippen molar-refractivity contribution in [1.29, 1.82) is 0 Å². The minimum atomic E-state index is -0.949. The maximum absolute atomic E-state index is 12.5. The number of nitrogens with one attached hydrogen (secondary N) is 1. The Morgan fingerprint density at radius 2 is 2.04 bits per heavy atom. The summed E-state index contributed by atoms with van der Waals surface area (Å²) < 4.78 is 7.26. The first-order valence-corrected chi connectivity index (χ1v) is 8.92. The van der Waals surface area contributed by atoms with Crippen LogP contribution in [0.5, 0.6) is 0 Å². The summed E-state index contributed by atoms with van der Waals surface area (Å²) in [4.78, 5) is 25.3. The summed E-state index contributed by atoms with van der Waals surface area (Å²) in [5, 5.41) is 16.5. The van der Waals surface area contributed by atoms with Crippen molar-refractivity contribution in [3.05, 3.63) is 47.8 Å². The van der Waals surface area contributed by atoms with Gasteiger partial charge in [-0.2, -0.15) is 5.10 Å². The normalized spacial score (nSPS) is 19.7. The Morgan fingerprint density at radius 1 is 1.30 bits per heavy atom. The number of rotatable bonds is 6. The highest BCUT2D eigenvalue weighted by molar-refractivity contribution is 5.87. The zero-order valence-electron chi connectivity index (χ0n) is 15.5. The van der Waals surface area contributed by atoms with Crippen molar-refractivity contribution in [1.82, 2.24) is 14.7 Å². The van der Waals surface area contributed by atoms with Crippen LogP contribution in [0.15, 0.2) is 36.7 Å². The topological polar surface area (TPSA) is 96.7 Å². The standard InChI is InChI=1S/C19H24N4O4/c1-13-9-22(10-14(2)27-13)18(24)12-23-11-17(8-21-23)20-7-15-4-3-5-16(6-15)19(25)26/h3-6,8,11,13-14,20H,7,9-10,12H2,1-2H3,(H,25,26). The van der Waals surface area contributed by atoms with Gasteiger partial charge in [0.2, 0.25) is 5.91 Å². The summed E-state index contributed by atoms with van der Waals surface area (Å²) >= 11 is 0. The molecule has 0 radical (unpaired) electrons. The van der Waals surface area contributed by atoms with Gasteiger partial charge in [-0.3, -0.25) is 9.48 Å². The van der Waals surface area contributed by atoms with E-state index in [1.807, 2.05) is 24.8 Å². The SMILES string of the molecule is CC1CN(C(=O)Cn2cc(NCc3cccc(C(=O)O)c3)cn2)CC(C)O1. The van der Waals surface area contributed by atoms with Crippen molar-refractivity contribution in [2.45, 2.75) is 39.1 Å². The Labute approximate surface area is 157 Å². The van der Waals surface area contributed by atoms with Gasteiger partial charge in [0.25, 0.3) is 0 Å². The van der Waals surface area contributed by atoms with Crippen LogP contribution in [0.4, 0.5) is 5.69 Å². The van der Waals surface area contributed by atoms with Gasteiger partial charge < -0.3 is 20.1 Å². The molecule has 8 nitrogen and oxygen atoms in total. The van der Waals surface area contributed by atoms with Gasteiger partial charge >= 0.3 is 5.97 Å². The molecule has 1 amide bonds. The molecule has 2 aromatic rings. The Bertz CT molecular complexity index is 810. The molecule has 2 heterocycles. The highest BCUT2D eigenvalue weighted by Crippen LogP contribution is 2.13. The number of hydrogen-bond acceptors (Lipinski definition) is 5. The number of carbonyl (C=O) groups is 2. The number of aromatic nitrogens is 2. The van der Waals surface area contributed by atoms with Crippen LogP contribution in [0.1, 0.15) is 29.8 Å². The molecule has 1 aliphatic rings. The number of anilines is 1. The van der Waals surface area contributed by atoms with Crippen molar-refractivity contribution in [3.63, 3.8) is 0 Å². The molecule has 144 valence electrons. The Morgan fingerprint density at radius 3 is 2.74 bits per heavy atom. The van der Waals surface area contributed by atoms with Gasteiger partial charge in [0.15, 0.2) is 0 Å². The molecule has 2 N–H and O–H groups in total. The largest absolute Gasteiger partial charge is 0.478 e. The van der Waals surface area contributed by atoms with E-state index in [2.05, 4.69) is 10.4 Å². The minimum absolute atomic E-state index is 0.0146. The molecule has 0 spiro atoms. The number of morpholine rings is 1. The van der Waals surface area contributed by atoms with Crippen LogP contribution in [0.2, 0.25) is 0 Å². The molecule has 1 aliphatic heterocycles. The molecule has 2 unspecified atom stereocenters. The fourth-order valence-electron chi connectivity index (χ4n) is 3.18. The van der Waals surface area contributed by atoms with Crippen molar-refractivity contribution in [3.8, 4) is 0 Å². The van der Waals surface area contributed by atoms with Crippen LogP contribution < -0.4 is 5.32 Å². The van der Waals surface area contributed by atoms with E-state index in [0.29, 0.717) is 19.6 Å². The van der Waals surface area contributed by atoms with E-state index >= 15 is 0 Å². The molecule has 1 fully saturated rings. The maximum atomic E-state index is 12.5. The number of aromatic carboxylic acids is 1. The van der Waals surface area contributed by atoms with E-state index in [1.54, 1.807) is 35.3 Å². The van der Waals surface area contributed by atoms with Crippen LogP contribution in [0.3, 0.4) is 0 Å². The fraction of sp³-hybridized carbons (Fsp3) is 0.421. The Kier molecular flexibility index (Phi) is 5.75. The zero-order chi connectivity index (χ0) is 19.4. The molecule has 1 saturated heterocycles. The van der Waals surface area contributed by atoms with Crippen molar-refractivity contribution in [2.75, 3.05) is 18.4 Å². The first kappa shape index (κ1) is 18.9. The minimum Gasteiger partial charge on any atom is -0.478 e. The number of carbonyl (C=O) groups excluding carboxylic acids is 1. The smallest absolute Gasteiger partial charge is 0.335 e. The molecule has 3 rings (SSSR count). The molecule has 8 heteroatoms. The average Bonchev–Trinajstić information content (AvgIpc) is 3.06. The predicted molar refractivity (Wildman–Crippen MR) is 99.5 cm³/mol. The number of amides is 1. The molecule has 0 saturated carbocycles. The van der Waals surface area contributed by atoms with Crippen LogP contribution in [0, 0.1) is 0 Å². The molecule has 1 aromatic heterocycles. The van der Waals surface area contributed by atoms with Crippen LogP contribution in [-0.4, -0.2) is 57.0 Å². The number of ether oxygens (including phenoxy) is 1. The highest BCUT2D eigenvalue weighted by Gasteiger charge is 2.25. The number of carboxylic acids is 1. The first-order valence-electron chi connectivity index (χ1n) is 8.92. The third kappa shape index (κ3) is 5.07. The summed E-state index contributed by atoms with van der Waals surface area (Å²) in [6, 6.07) is 6.76. The van der Waals surface area contributed by atoms with Crippen LogP contribution in [0.25, 0.3) is 0 Å². The van der Waals surface area contributed by atoms with Gasteiger partial charge in [-0.25, -0.2) is 4.79 Å². The lowest BCUT2D eigenvalue weighted by atomic mass is 10.1. The summed E-state index contributed by atoms with van der Waals surface area (Å²) in [5.41, 5.74) is 1.88. The van der Waals surface area contributed by atoms with Gasteiger partial charge in [0, 0.05) is 25.8 Å². The summed E-state index contributed by atoms with van der Waals surface area (Å²) in [7, 11) is 0. The van der Waals surface area contributed by atoms with Gasteiger partial charge in [0.1, 0.15) is 6.54 Å². The maximum Gasteiger partial charge on any atom is 0.335 e. The van der Waals surface area contributed by atoms with Crippen molar-refractivity contribution in [2.24, 2.45) is 0 Å². The second-order valence-corrected chi connectivity index (χ2v) is 6.84. The van der Waals surface area contributed by atoms with Gasteiger partial charge in [-0.15, -0.1) is 0 Å². The van der Waals surface area contributed by atoms with Crippen LogP contribution in [-0.2, 0) is 22.6 Å². The third-order valence-corrected chi connectivity index (χ3v) is 4.37. The summed E-state index contributed by atoms with van der Waals surface area (Å²) in [5.74, 6) is -0.934. The lowest BCUT2D eigenvalue weighted by Gasteiger charge is -2.35. The molecule has 27 heavy (non-hydrogen) atoms. The van der Waals surface area contributed by atoms with Crippen LogP contribution >= 0.6 is 0 Å². The number of benzene rings is 1. The molecular formula is C19H24N4O4. The lowest BCUT2D eigenvalue weighted by Crippen LogP contribution is -2.49. The second-order valence-electron chi connectivity index (χ2n) is 6.84. The Hall–Kier alpha value is -2.87. The molecule has 2 atom stereocenters. The van der Waals surface area contributed by atoms with Gasteiger partial charge in [-0.05, 0) is 31.5 Å². The fourth-order valence-corrected chi connectivity index (χ4v) is 3.18. The van der Waals surface area contributed by atoms with E-state index in [-0.39, 0.29) is 30.2 Å². The molecular weight excluding hydrogens is 348 g/mol. The second kappa shape index (κ2) is 8.22. The monoisotopic (exact) mass is 372 g/mol. The number of carboxylic acid groups (broad SMARTS) is 1. The number of nitrogens with zero attached hydrogens (tertiary/aromatic N) is 3. The summed E-state index contributed by atoms with van der Waals surface area (Å²) in [6.07, 6.45) is 3.49. The van der Waals surface area contributed by atoms with E-state index < -0.39 is 5.97 Å². The zero-order valence-corrected chi connectivity index (χ0v) is 15.5. The first-order chi connectivity index (χ1) is 12.9. The van der Waals surface area contributed by atoms with E-state index in [4.69, 9.17) is 9.84 Å². The van der Waals surface area contributed by atoms with E-state index in [1.165, 1.54) is 0 Å². The van der Waals surface area contributed by atoms with E-state index in [9.17, 15) is 9.59 Å². The number of hydrogen-bond donors (Lipinski definition) is 2. The average molecular weight is 372 g/mol.